The molecule has 0 spiro atoms. The molecule has 1 N–H and O–H groups in total. The molecule has 22 heavy (non-hydrogen) atoms. The Kier molecular flexibility index (Phi) is 4.63. The molecule has 114 valence electrons. The molecule has 0 saturated heterocycles. The van der Waals surface area contributed by atoms with Crippen LogP contribution in [0.25, 0.3) is 0 Å². The van der Waals surface area contributed by atoms with Gasteiger partial charge < -0.3 is 5.32 Å². The van der Waals surface area contributed by atoms with Gasteiger partial charge in [0.1, 0.15) is 0 Å². The van der Waals surface area contributed by atoms with Crippen LogP contribution < -0.4 is 5.32 Å². The van der Waals surface area contributed by atoms with E-state index in [0.29, 0.717) is 18.0 Å². The third-order valence-corrected chi connectivity index (χ3v) is 4.78. The number of carbonyl (C=O) groups excluding carboxylic acids is 2. The first kappa shape index (κ1) is 14.9. The highest BCUT2D eigenvalue weighted by Gasteiger charge is 2.22. The zero-order valence-corrected chi connectivity index (χ0v) is 13.1. The van der Waals surface area contributed by atoms with Crippen LogP contribution in [0.4, 0.5) is 5.13 Å². The minimum atomic E-state index is -0.0329. The molecule has 3 rings (SSSR count). The standard InChI is InChI=1S/C17H18N2O2S/c20-14-10-5-9-13-16(14)22-17(18-13)19-15(21)11-4-8-12-6-2-1-3-7-12/h1-3,6-7H,4-5,8-11H2,(H,18,19,21). The van der Waals surface area contributed by atoms with Gasteiger partial charge >= 0.3 is 0 Å². The second-order valence-corrected chi connectivity index (χ2v) is 6.46. The fourth-order valence-electron chi connectivity index (χ4n) is 2.60. The van der Waals surface area contributed by atoms with Gasteiger partial charge in [-0.05, 0) is 31.2 Å². The van der Waals surface area contributed by atoms with Gasteiger partial charge in [0.05, 0.1) is 10.6 Å². The summed E-state index contributed by atoms with van der Waals surface area (Å²) in [4.78, 5) is 28.8. The summed E-state index contributed by atoms with van der Waals surface area (Å²) >= 11 is 1.31. The van der Waals surface area contributed by atoms with Crippen LogP contribution in [0.5, 0.6) is 0 Å². The van der Waals surface area contributed by atoms with Crippen molar-refractivity contribution in [2.24, 2.45) is 0 Å². The third-order valence-electron chi connectivity index (χ3n) is 3.73. The van der Waals surface area contributed by atoms with Gasteiger partial charge in [-0.1, -0.05) is 41.7 Å². The largest absolute Gasteiger partial charge is 0.302 e. The minimum absolute atomic E-state index is 0.0329. The number of fused-ring (bicyclic) bond motifs is 1. The molecule has 0 aliphatic heterocycles. The number of carbonyl (C=O) groups is 2. The zero-order valence-electron chi connectivity index (χ0n) is 12.3. The molecule has 1 aliphatic rings. The number of hydrogen-bond acceptors (Lipinski definition) is 4. The Morgan fingerprint density at radius 3 is 2.82 bits per heavy atom. The van der Waals surface area contributed by atoms with Crippen LogP contribution in [-0.2, 0) is 17.6 Å². The van der Waals surface area contributed by atoms with Crippen LogP contribution in [0, 0.1) is 0 Å². The van der Waals surface area contributed by atoms with Crippen molar-refractivity contribution in [3.63, 3.8) is 0 Å². The number of aromatic nitrogens is 1. The maximum Gasteiger partial charge on any atom is 0.226 e. The molecule has 0 fully saturated rings. The van der Waals surface area contributed by atoms with Gasteiger partial charge in [0.25, 0.3) is 0 Å². The van der Waals surface area contributed by atoms with Gasteiger partial charge in [0.15, 0.2) is 10.9 Å². The van der Waals surface area contributed by atoms with Gasteiger partial charge in [-0.3, -0.25) is 9.59 Å². The molecule has 0 atom stereocenters. The fourth-order valence-corrected chi connectivity index (χ4v) is 3.60. The van der Waals surface area contributed by atoms with Crippen molar-refractivity contribution < 1.29 is 9.59 Å². The van der Waals surface area contributed by atoms with Gasteiger partial charge in [0, 0.05) is 12.8 Å². The smallest absolute Gasteiger partial charge is 0.226 e. The lowest BCUT2D eigenvalue weighted by molar-refractivity contribution is -0.116. The van der Waals surface area contributed by atoms with Crippen LogP contribution in [0.2, 0.25) is 0 Å². The number of thiazole rings is 1. The van der Waals surface area contributed by atoms with E-state index in [9.17, 15) is 9.59 Å². The van der Waals surface area contributed by atoms with Crippen LogP contribution in [0.15, 0.2) is 30.3 Å². The van der Waals surface area contributed by atoms with Gasteiger partial charge in [-0.2, -0.15) is 0 Å². The number of Topliss-reactive ketones (excluding diaryl/α,β-unsaturated/α-hetero) is 1. The van der Waals surface area contributed by atoms with Crippen molar-refractivity contribution in [3.05, 3.63) is 46.5 Å². The molecule has 1 heterocycles. The summed E-state index contributed by atoms with van der Waals surface area (Å²) in [6, 6.07) is 10.1. The Balaban J connectivity index is 1.51. The van der Waals surface area contributed by atoms with Crippen LogP contribution in [0.3, 0.4) is 0 Å². The number of nitrogens with zero attached hydrogens (tertiary/aromatic N) is 1. The van der Waals surface area contributed by atoms with E-state index in [1.807, 2.05) is 18.2 Å². The van der Waals surface area contributed by atoms with Crippen molar-refractivity contribution in [1.82, 2.24) is 4.98 Å². The topological polar surface area (TPSA) is 59.1 Å². The Hall–Kier alpha value is -2.01. The third kappa shape index (κ3) is 3.60. The highest BCUT2D eigenvalue weighted by Crippen LogP contribution is 2.29. The zero-order chi connectivity index (χ0) is 15.4. The molecule has 0 bridgehead atoms. The average molecular weight is 314 g/mol. The molecule has 0 unspecified atom stereocenters. The number of nitrogens with one attached hydrogen (secondary N) is 1. The predicted octanol–water partition coefficient (Wildman–Crippen LogP) is 3.62. The molecule has 1 aromatic heterocycles. The van der Waals surface area contributed by atoms with E-state index in [1.165, 1.54) is 16.9 Å². The highest BCUT2D eigenvalue weighted by molar-refractivity contribution is 7.17. The summed E-state index contributed by atoms with van der Waals surface area (Å²) in [6.45, 7) is 0. The number of hydrogen-bond donors (Lipinski definition) is 1. The van der Waals surface area contributed by atoms with E-state index < -0.39 is 0 Å². The molecule has 4 nitrogen and oxygen atoms in total. The van der Waals surface area contributed by atoms with E-state index in [4.69, 9.17) is 0 Å². The van der Waals surface area contributed by atoms with Gasteiger partial charge in [-0.25, -0.2) is 4.98 Å². The van der Waals surface area contributed by atoms with E-state index in [-0.39, 0.29) is 11.7 Å². The molecular weight excluding hydrogens is 296 g/mol. The van der Waals surface area contributed by atoms with Crippen LogP contribution in [0.1, 0.15) is 46.6 Å². The Morgan fingerprint density at radius 1 is 1.23 bits per heavy atom. The number of ketones is 1. The summed E-state index contributed by atoms with van der Waals surface area (Å²) in [5, 5.41) is 3.38. The summed E-state index contributed by atoms with van der Waals surface area (Å²) < 4.78 is 0. The SMILES string of the molecule is O=C(CCCc1ccccc1)Nc1nc2c(s1)C(=O)CCC2. The maximum absolute atomic E-state index is 12.0. The number of anilines is 1. The van der Waals surface area contributed by atoms with E-state index >= 15 is 0 Å². The quantitative estimate of drug-likeness (QED) is 0.917. The van der Waals surface area contributed by atoms with Gasteiger partial charge in [0.2, 0.25) is 5.91 Å². The van der Waals surface area contributed by atoms with E-state index in [0.717, 1.165) is 36.3 Å². The van der Waals surface area contributed by atoms with E-state index in [1.54, 1.807) is 0 Å². The van der Waals surface area contributed by atoms with Crippen molar-refractivity contribution in [2.45, 2.75) is 38.5 Å². The number of amides is 1. The minimum Gasteiger partial charge on any atom is -0.302 e. The second kappa shape index (κ2) is 6.83. The van der Waals surface area contributed by atoms with Crippen molar-refractivity contribution in [3.8, 4) is 0 Å². The predicted molar refractivity (Wildman–Crippen MR) is 87.4 cm³/mol. The van der Waals surface area contributed by atoms with E-state index in [2.05, 4.69) is 22.4 Å². The Bertz CT molecular complexity index is 679. The first-order chi connectivity index (χ1) is 10.7. The fraction of sp³-hybridized carbons (Fsp3) is 0.353. The second-order valence-electron chi connectivity index (χ2n) is 5.46. The number of benzene rings is 1. The molecule has 2 aromatic rings. The monoisotopic (exact) mass is 314 g/mol. The lowest BCUT2D eigenvalue weighted by Crippen LogP contribution is -2.11. The summed E-state index contributed by atoms with van der Waals surface area (Å²) in [5.74, 6) is 0.123. The molecule has 5 heteroatoms. The molecule has 1 aliphatic carbocycles. The summed E-state index contributed by atoms with van der Waals surface area (Å²) in [5.41, 5.74) is 2.09. The van der Waals surface area contributed by atoms with Crippen LogP contribution in [-0.4, -0.2) is 16.7 Å². The van der Waals surface area contributed by atoms with Gasteiger partial charge in [-0.15, -0.1) is 0 Å². The van der Waals surface area contributed by atoms with Crippen molar-refractivity contribution in [2.75, 3.05) is 5.32 Å². The van der Waals surface area contributed by atoms with Crippen molar-refractivity contribution >= 4 is 28.2 Å². The summed E-state index contributed by atoms with van der Waals surface area (Å²) in [6.07, 6.45) is 4.45. The van der Waals surface area contributed by atoms with Crippen LogP contribution >= 0.6 is 11.3 Å². The highest BCUT2D eigenvalue weighted by atomic mass is 32.1. The first-order valence-corrected chi connectivity index (χ1v) is 8.41. The normalized spacial score (nSPS) is 13.7. The Labute approximate surface area is 133 Å². The summed E-state index contributed by atoms with van der Waals surface area (Å²) in [7, 11) is 0. The maximum atomic E-state index is 12.0. The van der Waals surface area contributed by atoms with Crippen molar-refractivity contribution in [1.29, 1.82) is 0 Å². The molecular formula is C17H18N2O2S. The average Bonchev–Trinajstić information content (AvgIpc) is 2.92. The molecule has 1 amide bonds. The first-order valence-electron chi connectivity index (χ1n) is 7.59. The lowest BCUT2D eigenvalue weighted by Gasteiger charge is -2.05. The number of aryl methyl sites for hydroxylation is 2. The molecule has 0 saturated carbocycles. The number of rotatable bonds is 5. The molecule has 1 aromatic carbocycles. The lowest BCUT2D eigenvalue weighted by atomic mass is 10.0. The molecule has 0 radical (unpaired) electrons. The Morgan fingerprint density at radius 2 is 2.05 bits per heavy atom.